The minimum Gasteiger partial charge on any atom is -0.494 e. The molecule has 1 saturated heterocycles. The monoisotopic (exact) mass is 299 g/mol. The van der Waals surface area contributed by atoms with Gasteiger partial charge in [-0.3, -0.25) is 9.69 Å². The fourth-order valence-electron chi connectivity index (χ4n) is 2.33. The average Bonchev–Trinajstić information content (AvgIpc) is 2.41. The summed E-state index contributed by atoms with van der Waals surface area (Å²) < 4.78 is 18.6. The number of thioether (sulfide) groups is 1. The van der Waals surface area contributed by atoms with Crippen molar-refractivity contribution in [1.29, 1.82) is 0 Å². The van der Waals surface area contributed by atoms with Crippen molar-refractivity contribution in [2.24, 2.45) is 0 Å². The van der Waals surface area contributed by atoms with Crippen molar-refractivity contribution < 1.29 is 19.0 Å². The van der Waals surface area contributed by atoms with Crippen LogP contribution in [0, 0.1) is 5.82 Å². The molecule has 1 fully saturated rings. The van der Waals surface area contributed by atoms with Gasteiger partial charge in [-0.15, -0.1) is 0 Å². The van der Waals surface area contributed by atoms with Crippen LogP contribution in [0.5, 0.6) is 5.75 Å². The second kappa shape index (κ2) is 6.95. The highest BCUT2D eigenvalue weighted by atomic mass is 32.2. The van der Waals surface area contributed by atoms with E-state index in [0.29, 0.717) is 6.54 Å². The number of carbonyl (C=O) groups is 1. The van der Waals surface area contributed by atoms with Crippen LogP contribution in [0.15, 0.2) is 18.2 Å². The first-order chi connectivity index (χ1) is 9.60. The number of rotatable bonds is 5. The van der Waals surface area contributed by atoms with Crippen molar-refractivity contribution >= 4 is 17.7 Å². The quantitative estimate of drug-likeness (QED) is 0.903. The molecule has 0 amide bonds. The van der Waals surface area contributed by atoms with Gasteiger partial charge in [0.15, 0.2) is 11.6 Å². The molecule has 20 heavy (non-hydrogen) atoms. The largest absolute Gasteiger partial charge is 0.494 e. The normalized spacial score (nSPS) is 19.8. The fraction of sp³-hybridized carbons (Fsp3) is 0.500. The lowest BCUT2D eigenvalue weighted by atomic mass is 10.1. The smallest absolute Gasteiger partial charge is 0.304 e. The Balaban J connectivity index is 2.06. The molecule has 110 valence electrons. The van der Waals surface area contributed by atoms with E-state index in [1.807, 2.05) is 6.07 Å². The van der Waals surface area contributed by atoms with Crippen LogP contribution in [0.4, 0.5) is 4.39 Å². The molecule has 4 nitrogen and oxygen atoms in total. The SMILES string of the molecule is COc1ccc(CN2CCSCC2CC(=O)O)cc1F. The number of ether oxygens (including phenoxy) is 1. The third-order valence-electron chi connectivity index (χ3n) is 3.36. The number of halogens is 1. The first-order valence-corrected chi connectivity index (χ1v) is 7.61. The van der Waals surface area contributed by atoms with Crippen LogP contribution in [0.3, 0.4) is 0 Å². The van der Waals surface area contributed by atoms with E-state index in [-0.39, 0.29) is 24.0 Å². The molecule has 1 aromatic carbocycles. The van der Waals surface area contributed by atoms with Gasteiger partial charge in [0, 0.05) is 30.6 Å². The molecule has 1 N–H and O–H groups in total. The lowest BCUT2D eigenvalue weighted by Gasteiger charge is -2.34. The third kappa shape index (κ3) is 3.86. The van der Waals surface area contributed by atoms with Crippen molar-refractivity contribution in [3.05, 3.63) is 29.6 Å². The Hall–Kier alpha value is -1.27. The first-order valence-electron chi connectivity index (χ1n) is 6.46. The average molecular weight is 299 g/mol. The first kappa shape index (κ1) is 15.1. The van der Waals surface area contributed by atoms with Crippen molar-refractivity contribution in [2.75, 3.05) is 25.2 Å². The molecule has 0 radical (unpaired) electrons. The van der Waals surface area contributed by atoms with Crippen molar-refractivity contribution in [1.82, 2.24) is 4.90 Å². The predicted molar refractivity (Wildman–Crippen MR) is 76.7 cm³/mol. The number of carboxylic acids is 1. The van der Waals surface area contributed by atoms with Gasteiger partial charge in [0.2, 0.25) is 0 Å². The predicted octanol–water partition coefficient (Wildman–Crippen LogP) is 2.23. The van der Waals surface area contributed by atoms with Gasteiger partial charge in [-0.05, 0) is 17.7 Å². The minimum absolute atomic E-state index is 0.0106. The molecule has 0 saturated carbocycles. The number of hydrogen-bond donors (Lipinski definition) is 1. The van der Waals surface area contributed by atoms with Crippen LogP contribution in [0.2, 0.25) is 0 Å². The molecule has 1 unspecified atom stereocenters. The molecule has 6 heteroatoms. The number of benzene rings is 1. The lowest BCUT2D eigenvalue weighted by Crippen LogP contribution is -2.42. The zero-order valence-electron chi connectivity index (χ0n) is 11.3. The van der Waals surface area contributed by atoms with Gasteiger partial charge in [0.05, 0.1) is 13.5 Å². The molecule has 0 aromatic heterocycles. The van der Waals surface area contributed by atoms with Crippen LogP contribution in [0.25, 0.3) is 0 Å². The van der Waals surface area contributed by atoms with E-state index < -0.39 is 5.97 Å². The summed E-state index contributed by atoms with van der Waals surface area (Å²) in [6.07, 6.45) is 0.131. The summed E-state index contributed by atoms with van der Waals surface area (Å²) in [7, 11) is 1.43. The lowest BCUT2D eigenvalue weighted by molar-refractivity contribution is -0.138. The van der Waals surface area contributed by atoms with E-state index in [2.05, 4.69) is 4.90 Å². The van der Waals surface area contributed by atoms with E-state index in [0.717, 1.165) is 23.6 Å². The molecule has 1 aliphatic rings. The number of carboxylic acid groups (broad SMARTS) is 1. The second-order valence-electron chi connectivity index (χ2n) is 4.77. The van der Waals surface area contributed by atoms with Crippen molar-refractivity contribution in [2.45, 2.75) is 19.0 Å². The summed E-state index contributed by atoms with van der Waals surface area (Å²) in [5, 5.41) is 8.95. The zero-order chi connectivity index (χ0) is 14.5. The van der Waals surface area contributed by atoms with Crippen molar-refractivity contribution in [3.63, 3.8) is 0 Å². The van der Waals surface area contributed by atoms with E-state index in [4.69, 9.17) is 9.84 Å². The molecule has 0 bridgehead atoms. The molecule has 0 spiro atoms. The summed E-state index contributed by atoms with van der Waals surface area (Å²) in [5.74, 6) is 0.847. The summed E-state index contributed by atoms with van der Waals surface area (Å²) in [6.45, 7) is 1.40. The molecular formula is C14H18FNO3S. The zero-order valence-corrected chi connectivity index (χ0v) is 12.2. The maximum absolute atomic E-state index is 13.7. The molecule has 1 atom stereocenters. The Morgan fingerprint density at radius 1 is 1.60 bits per heavy atom. The maximum atomic E-state index is 13.7. The summed E-state index contributed by atoms with van der Waals surface area (Å²) in [4.78, 5) is 13.0. The van der Waals surface area contributed by atoms with Crippen molar-refractivity contribution in [3.8, 4) is 5.75 Å². The second-order valence-corrected chi connectivity index (χ2v) is 5.92. The van der Waals surface area contributed by atoms with Gasteiger partial charge in [0.1, 0.15) is 0 Å². The van der Waals surface area contributed by atoms with Gasteiger partial charge in [-0.1, -0.05) is 6.07 Å². The molecule has 1 aliphatic heterocycles. The molecular weight excluding hydrogens is 281 g/mol. The number of nitrogens with zero attached hydrogens (tertiary/aromatic N) is 1. The highest BCUT2D eigenvalue weighted by Gasteiger charge is 2.25. The Labute approximate surface area is 121 Å². The van der Waals surface area contributed by atoms with Crippen LogP contribution in [0.1, 0.15) is 12.0 Å². The van der Waals surface area contributed by atoms with Gasteiger partial charge >= 0.3 is 5.97 Å². The molecule has 0 aliphatic carbocycles. The number of aliphatic carboxylic acids is 1. The molecule has 1 heterocycles. The number of methoxy groups -OCH3 is 1. The van der Waals surface area contributed by atoms with E-state index in [9.17, 15) is 9.18 Å². The Kier molecular flexibility index (Phi) is 5.25. The van der Waals surface area contributed by atoms with Gasteiger partial charge in [-0.25, -0.2) is 4.39 Å². The molecule has 1 aromatic rings. The van der Waals surface area contributed by atoms with Gasteiger partial charge < -0.3 is 9.84 Å². The molecule has 2 rings (SSSR count). The van der Waals surface area contributed by atoms with Crippen LogP contribution >= 0.6 is 11.8 Å². The van der Waals surface area contributed by atoms with E-state index >= 15 is 0 Å². The number of hydrogen-bond acceptors (Lipinski definition) is 4. The minimum atomic E-state index is -0.789. The topological polar surface area (TPSA) is 49.8 Å². The Morgan fingerprint density at radius 2 is 2.40 bits per heavy atom. The third-order valence-corrected chi connectivity index (χ3v) is 4.45. The summed E-state index contributed by atoms with van der Waals surface area (Å²) in [5.41, 5.74) is 0.839. The van der Waals surface area contributed by atoms with Gasteiger partial charge in [-0.2, -0.15) is 11.8 Å². The standard InChI is InChI=1S/C14H18FNO3S/c1-19-13-3-2-10(6-12(13)15)8-16-4-5-20-9-11(16)7-14(17)18/h2-3,6,11H,4-5,7-9H2,1H3,(H,17,18). The summed E-state index contributed by atoms with van der Waals surface area (Å²) in [6, 6.07) is 4.89. The Bertz CT molecular complexity index is 483. The van der Waals surface area contributed by atoms with Crippen LogP contribution in [-0.2, 0) is 11.3 Å². The maximum Gasteiger partial charge on any atom is 0.304 e. The van der Waals surface area contributed by atoms with E-state index in [1.54, 1.807) is 17.8 Å². The summed E-state index contributed by atoms with van der Waals surface area (Å²) >= 11 is 1.77. The van der Waals surface area contributed by atoms with Gasteiger partial charge in [0.25, 0.3) is 0 Å². The van der Waals surface area contributed by atoms with E-state index in [1.165, 1.54) is 13.2 Å². The van der Waals surface area contributed by atoms with Crippen LogP contribution in [-0.4, -0.2) is 47.2 Å². The Morgan fingerprint density at radius 3 is 3.05 bits per heavy atom. The highest BCUT2D eigenvalue weighted by Crippen LogP contribution is 2.23. The highest BCUT2D eigenvalue weighted by molar-refractivity contribution is 7.99. The van der Waals surface area contributed by atoms with Crippen LogP contribution < -0.4 is 4.74 Å². The fourth-order valence-corrected chi connectivity index (χ4v) is 3.46.